The van der Waals surface area contributed by atoms with Crippen LogP contribution < -0.4 is 4.74 Å². The topological polar surface area (TPSA) is 40.5 Å². The predicted octanol–water partition coefficient (Wildman–Crippen LogP) is 8.86. The third kappa shape index (κ3) is 8.38. The maximum atomic E-state index is 13.1. The van der Waals surface area contributed by atoms with E-state index in [0.717, 1.165) is 35.5 Å². The summed E-state index contributed by atoms with van der Waals surface area (Å²) in [6.07, 6.45) is 1.04. The van der Waals surface area contributed by atoms with Gasteiger partial charge in [-0.1, -0.05) is 51.5 Å². The zero-order chi connectivity index (χ0) is 28.6. The zero-order valence-corrected chi connectivity index (χ0v) is 23.4. The molecule has 0 saturated heterocycles. The number of benzene rings is 2. The van der Waals surface area contributed by atoms with E-state index in [9.17, 15) is 18.0 Å². The molecule has 212 valence electrons. The van der Waals surface area contributed by atoms with Crippen molar-refractivity contribution in [3.8, 4) is 17.0 Å². The Bertz CT molecular complexity index is 1260. The van der Waals surface area contributed by atoms with E-state index in [-0.39, 0.29) is 12.6 Å². The van der Waals surface area contributed by atoms with E-state index >= 15 is 0 Å². The van der Waals surface area contributed by atoms with Gasteiger partial charge in [-0.25, -0.2) is 4.79 Å². The van der Waals surface area contributed by atoms with Gasteiger partial charge in [-0.15, -0.1) is 0 Å². The fourth-order valence-corrected chi connectivity index (χ4v) is 4.94. The number of ether oxygens (including phenoxy) is 2. The van der Waals surface area contributed by atoms with Crippen LogP contribution in [-0.2, 0) is 22.4 Å². The van der Waals surface area contributed by atoms with Gasteiger partial charge >= 0.3 is 12.1 Å². The number of hydrogen-bond acceptors (Lipinski definition) is 3. The summed E-state index contributed by atoms with van der Waals surface area (Å²) in [7, 11) is 0. The first-order valence-corrected chi connectivity index (χ1v) is 13.8. The molecule has 1 aromatic heterocycles. The number of aromatic nitrogens is 1. The van der Waals surface area contributed by atoms with Crippen LogP contribution in [0, 0.1) is 5.92 Å². The summed E-state index contributed by atoms with van der Waals surface area (Å²) in [6.45, 7) is 11.3. The maximum absolute atomic E-state index is 13.1. The molecule has 0 aliphatic heterocycles. The van der Waals surface area contributed by atoms with Crippen molar-refractivity contribution < 1.29 is 27.4 Å². The monoisotopic (exact) mass is 543 g/mol. The Labute approximate surface area is 229 Å². The quantitative estimate of drug-likeness (QED) is 0.116. The van der Waals surface area contributed by atoms with Crippen LogP contribution >= 0.6 is 0 Å². The van der Waals surface area contributed by atoms with Gasteiger partial charge in [-0.3, -0.25) is 0 Å². The SMILES string of the molecule is C=CC(=O)OCC(COc1ccc2cc(-c3ccc(CCCCC)cc3CC)n(C(C)C)c2c1)CC(F)(F)F. The van der Waals surface area contributed by atoms with E-state index in [2.05, 4.69) is 63.1 Å². The molecule has 0 aliphatic carbocycles. The first kappa shape index (κ1) is 30.3. The van der Waals surface area contributed by atoms with Gasteiger partial charge in [0.1, 0.15) is 5.75 Å². The summed E-state index contributed by atoms with van der Waals surface area (Å²) in [4.78, 5) is 11.4. The van der Waals surface area contributed by atoms with Gasteiger partial charge in [0.05, 0.1) is 25.2 Å². The van der Waals surface area contributed by atoms with Crippen LogP contribution in [0.25, 0.3) is 22.2 Å². The van der Waals surface area contributed by atoms with Crippen molar-refractivity contribution in [1.29, 1.82) is 0 Å². The highest BCUT2D eigenvalue weighted by molar-refractivity contribution is 5.89. The Hall–Kier alpha value is -3.22. The van der Waals surface area contributed by atoms with Crippen molar-refractivity contribution in [3.63, 3.8) is 0 Å². The number of aryl methyl sites for hydroxylation is 2. The molecule has 0 N–H and O–H groups in total. The average Bonchev–Trinajstić information content (AvgIpc) is 3.28. The number of hydrogen-bond donors (Lipinski definition) is 0. The molecule has 0 radical (unpaired) electrons. The van der Waals surface area contributed by atoms with Gasteiger partial charge in [-0.05, 0) is 62.4 Å². The molecule has 39 heavy (non-hydrogen) atoms. The van der Waals surface area contributed by atoms with Crippen molar-refractivity contribution in [2.24, 2.45) is 5.92 Å². The molecular weight excluding hydrogens is 503 g/mol. The second kappa shape index (κ2) is 13.7. The van der Waals surface area contributed by atoms with E-state index in [1.807, 2.05) is 12.1 Å². The Morgan fingerprint density at radius 1 is 1.05 bits per heavy atom. The molecule has 1 unspecified atom stereocenters. The van der Waals surface area contributed by atoms with Crippen molar-refractivity contribution in [2.75, 3.05) is 13.2 Å². The zero-order valence-electron chi connectivity index (χ0n) is 23.4. The molecule has 0 amide bonds. The molecule has 7 heteroatoms. The van der Waals surface area contributed by atoms with Crippen LogP contribution in [0.5, 0.6) is 5.75 Å². The molecule has 0 saturated carbocycles. The molecule has 4 nitrogen and oxygen atoms in total. The number of halogens is 3. The van der Waals surface area contributed by atoms with Gasteiger partial charge in [0.2, 0.25) is 0 Å². The van der Waals surface area contributed by atoms with Crippen LogP contribution in [0.1, 0.15) is 70.5 Å². The smallest absolute Gasteiger partial charge is 0.389 e. The fraction of sp³-hybridized carbons (Fsp3) is 0.469. The second-order valence-corrected chi connectivity index (χ2v) is 10.3. The fourth-order valence-electron chi connectivity index (χ4n) is 4.94. The molecular formula is C32H40F3NO3. The van der Waals surface area contributed by atoms with Crippen LogP contribution in [-0.4, -0.2) is 29.9 Å². The van der Waals surface area contributed by atoms with Gasteiger partial charge in [0, 0.05) is 40.7 Å². The van der Waals surface area contributed by atoms with Crippen LogP contribution in [0.2, 0.25) is 0 Å². The van der Waals surface area contributed by atoms with Gasteiger partial charge in [0.15, 0.2) is 0 Å². The van der Waals surface area contributed by atoms with Crippen LogP contribution in [0.4, 0.5) is 13.2 Å². The molecule has 0 spiro atoms. The Balaban J connectivity index is 1.90. The van der Waals surface area contributed by atoms with E-state index in [1.54, 1.807) is 6.07 Å². The molecule has 0 aliphatic rings. The summed E-state index contributed by atoms with van der Waals surface area (Å²) in [5, 5.41) is 1.03. The number of esters is 1. The molecule has 3 rings (SSSR count). The lowest BCUT2D eigenvalue weighted by molar-refractivity contribution is -0.157. The first-order valence-electron chi connectivity index (χ1n) is 13.8. The predicted molar refractivity (Wildman–Crippen MR) is 151 cm³/mol. The lowest BCUT2D eigenvalue weighted by atomic mass is 9.96. The maximum Gasteiger partial charge on any atom is 0.389 e. The largest absolute Gasteiger partial charge is 0.493 e. The summed E-state index contributed by atoms with van der Waals surface area (Å²) in [5.74, 6) is -1.32. The number of carbonyl (C=O) groups excluding carboxylic acids is 1. The first-order chi connectivity index (χ1) is 18.6. The van der Waals surface area contributed by atoms with E-state index < -0.39 is 31.1 Å². The number of unbranched alkanes of at least 4 members (excludes halogenated alkanes) is 2. The number of fused-ring (bicyclic) bond motifs is 1. The van der Waals surface area contributed by atoms with Crippen molar-refractivity contribution >= 4 is 16.9 Å². The minimum Gasteiger partial charge on any atom is -0.493 e. The summed E-state index contributed by atoms with van der Waals surface area (Å²) >= 11 is 0. The lowest BCUT2D eigenvalue weighted by Crippen LogP contribution is -2.25. The van der Waals surface area contributed by atoms with E-state index in [4.69, 9.17) is 9.47 Å². The van der Waals surface area contributed by atoms with E-state index in [1.165, 1.54) is 36.0 Å². The molecule has 1 atom stereocenters. The molecule has 1 heterocycles. The number of nitrogens with zero attached hydrogens (tertiary/aromatic N) is 1. The van der Waals surface area contributed by atoms with Crippen LogP contribution in [0.15, 0.2) is 55.1 Å². The average molecular weight is 544 g/mol. The van der Waals surface area contributed by atoms with Crippen LogP contribution in [0.3, 0.4) is 0 Å². The molecule has 2 aromatic carbocycles. The summed E-state index contributed by atoms with van der Waals surface area (Å²) < 4.78 is 52.2. The minimum absolute atomic E-state index is 0.151. The van der Waals surface area contributed by atoms with Crippen molar-refractivity contribution in [2.45, 2.75) is 78.4 Å². The van der Waals surface area contributed by atoms with Gasteiger partial charge < -0.3 is 14.0 Å². The summed E-state index contributed by atoms with van der Waals surface area (Å²) in [5.41, 5.74) is 5.92. The Morgan fingerprint density at radius 3 is 2.46 bits per heavy atom. The Morgan fingerprint density at radius 2 is 1.82 bits per heavy atom. The number of carbonyl (C=O) groups is 1. The van der Waals surface area contributed by atoms with Gasteiger partial charge in [-0.2, -0.15) is 13.2 Å². The Kier molecular flexibility index (Phi) is 10.7. The van der Waals surface area contributed by atoms with E-state index in [0.29, 0.717) is 5.75 Å². The lowest BCUT2D eigenvalue weighted by Gasteiger charge is -2.20. The molecule has 0 fully saturated rings. The third-order valence-electron chi connectivity index (χ3n) is 6.86. The van der Waals surface area contributed by atoms with Crippen molar-refractivity contribution in [1.82, 2.24) is 4.57 Å². The number of rotatable bonds is 14. The molecule has 0 bridgehead atoms. The standard InChI is InChI=1S/C32H40F3NO3/c1-6-9-10-11-23-12-15-28(25(7-2)16-23)30-17-26-13-14-27(18-29(26)36(30)22(4)5)38-20-24(19-32(33,34)35)21-39-31(37)8-3/h8,12-18,22,24H,3,6-7,9-11,19-21H2,1-2,4-5H3. The highest BCUT2D eigenvalue weighted by Gasteiger charge is 2.33. The number of alkyl halides is 3. The third-order valence-corrected chi connectivity index (χ3v) is 6.86. The summed E-state index contributed by atoms with van der Waals surface area (Å²) in [6, 6.07) is 14.7. The second-order valence-electron chi connectivity index (χ2n) is 10.3. The molecule has 3 aromatic rings. The highest BCUT2D eigenvalue weighted by atomic mass is 19.4. The highest BCUT2D eigenvalue weighted by Crippen LogP contribution is 2.36. The van der Waals surface area contributed by atoms with Crippen molar-refractivity contribution in [3.05, 3.63) is 66.2 Å². The minimum atomic E-state index is -4.40. The normalized spacial score (nSPS) is 12.6. The van der Waals surface area contributed by atoms with Gasteiger partial charge in [0.25, 0.3) is 0 Å².